The van der Waals surface area contributed by atoms with Crippen molar-refractivity contribution < 1.29 is 5.11 Å². The van der Waals surface area contributed by atoms with E-state index < -0.39 is 0 Å². The van der Waals surface area contributed by atoms with Crippen molar-refractivity contribution in [1.29, 1.82) is 0 Å². The van der Waals surface area contributed by atoms with E-state index in [1.807, 2.05) is 0 Å². The van der Waals surface area contributed by atoms with Gasteiger partial charge in [-0.3, -0.25) is 0 Å². The summed E-state index contributed by atoms with van der Waals surface area (Å²) in [6.45, 7) is 8.28. The zero-order valence-corrected chi connectivity index (χ0v) is 11.3. The number of hydrogen-bond donors (Lipinski definition) is 2. The van der Waals surface area contributed by atoms with Gasteiger partial charge in [0.25, 0.3) is 0 Å². The summed E-state index contributed by atoms with van der Waals surface area (Å²) in [6, 6.07) is 0. The number of aliphatic hydroxyl groups is 1. The predicted molar refractivity (Wildman–Crippen MR) is 69.5 cm³/mol. The third-order valence-electron chi connectivity index (χ3n) is 4.19. The van der Waals surface area contributed by atoms with Crippen molar-refractivity contribution in [1.82, 2.24) is 5.32 Å². The molecule has 2 N–H and O–H groups in total. The number of rotatable bonds is 6. The average molecular weight is 227 g/mol. The maximum absolute atomic E-state index is 9.34. The van der Waals surface area contributed by atoms with E-state index in [9.17, 15) is 5.11 Å². The molecular weight excluding hydrogens is 198 g/mol. The van der Waals surface area contributed by atoms with Crippen LogP contribution in [0.3, 0.4) is 0 Å². The SMILES string of the molecule is CCCNC1(CCO)CCCCC1C(C)C. The molecular formula is C14H29NO. The fourth-order valence-corrected chi connectivity index (χ4v) is 3.43. The van der Waals surface area contributed by atoms with Crippen LogP contribution in [-0.2, 0) is 0 Å². The molecule has 0 bridgehead atoms. The molecule has 0 amide bonds. The normalized spacial score (nSPS) is 30.9. The Bertz CT molecular complexity index is 189. The van der Waals surface area contributed by atoms with Gasteiger partial charge in [0.05, 0.1) is 0 Å². The van der Waals surface area contributed by atoms with Gasteiger partial charge < -0.3 is 10.4 Å². The van der Waals surface area contributed by atoms with E-state index in [-0.39, 0.29) is 5.54 Å². The van der Waals surface area contributed by atoms with E-state index in [1.165, 1.54) is 32.1 Å². The second-order valence-electron chi connectivity index (χ2n) is 5.65. The molecule has 0 aromatic heterocycles. The fourth-order valence-electron chi connectivity index (χ4n) is 3.43. The first kappa shape index (κ1) is 14.0. The van der Waals surface area contributed by atoms with Crippen LogP contribution in [-0.4, -0.2) is 23.8 Å². The Morgan fingerprint density at radius 3 is 2.69 bits per heavy atom. The van der Waals surface area contributed by atoms with Gasteiger partial charge in [0.2, 0.25) is 0 Å². The van der Waals surface area contributed by atoms with Crippen LogP contribution in [0.25, 0.3) is 0 Å². The third-order valence-corrected chi connectivity index (χ3v) is 4.19. The molecule has 2 atom stereocenters. The third kappa shape index (κ3) is 3.21. The number of nitrogens with one attached hydrogen (secondary N) is 1. The van der Waals surface area contributed by atoms with Gasteiger partial charge in [0.1, 0.15) is 0 Å². The molecule has 96 valence electrons. The van der Waals surface area contributed by atoms with Crippen LogP contribution in [0, 0.1) is 11.8 Å². The van der Waals surface area contributed by atoms with Gasteiger partial charge in [-0.25, -0.2) is 0 Å². The van der Waals surface area contributed by atoms with Gasteiger partial charge in [-0.15, -0.1) is 0 Å². The fraction of sp³-hybridized carbons (Fsp3) is 1.00. The molecule has 0 spiro atoms. The quantitative estimate of drug-likeness (QED) is 0.731. The first-order valence-corrected chi connectivity index (χ1v) is 7.02. The largest absolute Gasteiger partial charge is 0.396 e. The Morgan fingerprint density at radius 1 is 1.38 bits per heavy atom. The maximum Gasteiger partial charge on any atom is 0.0448 e. The highest BCUT2D eigenvalue weighted by Crippen LogP contribution is 2.40. The Kier molecular flexibility index (Phi) is 5.77. The summed E-state index contributed by atoms with van der Waals surface area (Å²) in [6.07, 6.45) is 7.36. The lowest BCUT2D eigenvalue weighted by Gasteiger charge is -2.47. The standard InChI is InChI=1S/C14H29NO/c1-4-10-15-14(9-11-16)8-6-5-7-13(14)12(2)3/h12-13,15-16H,4-11H2,1-3H3. The summed E-state index contributed by atoms with van der Waals surface area (Å²) in [5.74, 6) is 1.45. The predicted octanol–water partition coefficient (Wildman–Crippen LogP) is 2.95. The lowest BCUT2D eigenvalue weighted by molar-refractivity contribution is 0.0736. The Hall–Kier alpha value is -0.0800. The highest BCUT2D eigenvalue weighted by molar-refractivity contribution is 4.98. The topological polar surface area (TPSA) is 32.3 Å². The zero-order valence-electron chi connectivity index (χ0n) is 11.3. The summed E-state index contributed by atoms with van der Waals surface area (Å²) in [4.78, 5) is 0. The van der Waals surface area contributed by atoms with Gasteiger partial charge in [0, 0.05) is 12.1 Å². The Morgan fingerprint density at radius 2 is 2.12 bits per heavy atom. The zero-order chi connectivity index (χ0) is 12.0. The molecule has 0 heterocycles. The lowest BCUT2D eigenvalue weighted by Crippen LogP contribution is -2.55. The molecule has 0 aromatic carbocycles. The van der Waals surface area contributed by atoms with E-state index in [0.717, 1.165) is 24.8 Å². The highest BCUT2D eigenvalue weighted by Gasteiger charge is 2.40. The van der Waals surface area contributed by atoms with Crippen molar-refractivity contribution >= 4 is 0 Å². The summed E-state index contributed by atoms with van der Waals surface area (Å²) >= 11 is 0. The van der Waals surface area contributed by atoms with Crippen molar-refractivity contribution in [3.05, 3.63) is 0 Å². The van der Waals surface area contributed by atoms with Crippen molar-refractivity contribution in [2.75, 3.05) is 13.2 Å². The van der Waals surface area contributed by atoms with E-state index in [2.05, 4.69) is 26.1 Å². The van der Waals surface area contributed by atoms with Crippen LogP contribution in [0.5, 0.6) is 0 Å². The monoisotopic (exact) mass is 227 g/mol. The molecule has 2 nitrogen and oxygen atoms in total. The smallest absolute Gasteiger partial charge is 0.0448 e. The molecule has 0 saturated heterocycles. The van der Waals surface area contributed by atoms with Crippen LogP contribution in [0.15, 0.2) is 0 Å². The lowest BCUT2D eigenvalue weighted by atomic mass is 9.66. The first-order valence-electron chi connectivity index (χ1n) is 7.02. The van der Waals surface area contributed by atoms with Crippen molar-refractivity contribution in [2.24, 2.45) is 11.8 Å². The van der Waals surface area contributed by atoms with Gasteiger partial charge in [-0.2, -0.15) is 0 Å². The van der Waals surface area contributed by atoms with Gasteiger partial charge in [-0.1, -0.05) is 33.6 Å². The maximum atomic E-state index is 9.34. The molecule has 1 aliphatic rings. The molecule has 0 aliphatic heterocycles. The minimum atomic E-state index is 0.219. The molecule has 2 heteroatoms. The molecule has 0 aromatic rings. The summed E-state index contributed by atoms with van der Waals surface area (Å²) in [5.41, 5.74) is 0.219. The molecule has 1 fully saturated rings. The number of aliphatic hydroxyl groups excluding tert-OH is 1. The van der Waals surface area contributed by atoms with E-state index in [4.69, 9.17) is 0 Å². The van der Waals surface area contributed by atoms with Crippen LogP contribution in [0.2, 0.25) is 0 Å². The Balaban J connectivity index is 2.75. The molecule has 0 radical (unpaired) electrons. The van der Waals surface area contributed by atoms with Crippen molar-refractivity contribution in [3.63, 3.8) is 0 Å². The summed E-state index contributed by atoms with van der Waals surface area (Å²) < 4.78 is 0. The highest BCUT2D eigenvalue weighted by atomic mass is 16.3. The second-order valence-corrected chi connectivity index (χ2v) is 5.65. The van der Waals surface area contributed by atoms with Gasteiger partial charge >= 0.3 is 0 Å². The van der Waals surface area contributed by atoms with Crippen molar-refractivity contribution in [2.45, 2.75) is 64.8 Å². The van der Waals surface area contributed by atoms with Gasteiger partial charge in [0.15, 0.2) is 0 Å². The van der Waals surface area contributed by atoms with Crippen molar-refractivity contribution in [3.8, 4) is 0 Å². The minimum Gasteiger partial charge on any atom is -0.396 e. The minimum absolute atomic E-state index is 0.219. The molecule has 1 aliphatic carbocycles. The van der Waals surface area contributed by atoms with E-state index >= 15 is 0 Å². The summed E-state index contributed by atoms with van der Waals surface area (Å²) in [7, 11) is 0. The molecule has 2 unspecified atom stereocenters. The average Bonchev–Trinajstić information content (AvgIpc) is 2.27. The molecule has 1 rings (SSSR count). The van der Waals surface area contributed by atoms with Crippen LogP contribution in [0.1, 0.15) is 59.3 Å². The first-order chi connectivity index (χ1) is 7.66. The van der Waals surface area contributed by atoms with Crippen LogP contribution in [0.4, 0.5) is 0 Å². The second kappa shape index (κ2) is 6.61. The van der Waals surface area contributed by atoms with Crippen LogP contribution < -0.4 is 5.32 Å². The summed E-state index contributed by atoms with van der Waals surface area (Å²) in [5, 5.41) is 13.1. The van der Waals surface area contributed by atoms with Gasteiger partial charge in [-0.05, 0) is 44.1 Å². The Labute approximate surface area is 101 Å². The number of hydrogen-bond acceptors (Lipinski definition) is 2. The molecule has 16 heavy (non-hydrogen) atoms. The molecule has 1 saturated carbocycles. The van der Waals surface area contributed by atoms with E-state index in [0.29, 0.717) is 6.61 Å². The van der Waals surface area contributed by atoms with Crippen LogP contribution >= 0.6 is 0 Å². The van der Waals surface area contributed by atoms with E-state index in [1.54, 1.807) is 0 Å².